The Morgan fingerprint density at radius 2 is 2.08 bits per heavy atom. The molecule has 1 aliphatic heterocycles. The van der Waals surface area contributed by atoms with Crippen LogP contribution in [0.2, 0.25) is 0 Å². The van der Waals surface area contributed by atoms with Crippen molar-refractivity contribution in [3.05, 3.63) is 36.9 Å². The van der Waals surface area contributed by atoms with Gasteiger partial charge in [-0.2, -0.15) is 0 Å². The molecule has 1 aromatic carbocycles. The molecule has 1 saturated heterocycles. The number of carbonyl (C=O) groups is 1. The highest BCUT2D eigenvalue weighted by Gasteiger charge is 2.68. The maximum absolute atomic E-state index is 11.7. The van der Waals surface area contributed by atoms with Crippen molar-refractivity contribution in [3.63, 3.8) is 0 Å². The van der Waals surface area contributed by atoms with Gasteiger partial charge in [0.05, 0.1) is 11.7 Å². The van der Waals surface area contributed by atoms with Crippen molar-refractivity contribution in [1.82, 2.24) is 0 Å². The molecular weight excluding hydrogens is 301 g/mol. The summed E-state index contributed by atoms with van der Waals surface area (Å²) in [4.78, 5) is 11.7. The number of amides is 1. The summed E-state index contributed by atoms with van der Waals surface area (Å²) in [5.41, 5.74) is 1.66. The van der Waals surface area contributed by atoms with Gasteiger partial charge in [-0.15, -0.1) is 0 Å². The smallest absolute Gasteiger partial charge is 0.401 e. The van der Waals surface area contributed by atoms with E-state index in [0.717, 1.165) is 23.5 Å². The topological polar surface area (TPSA) is 47.6 Å². The zero-order valence-electron chi connectivity index (χ0n) is 14.5. The summed E-state index contributed by atoms with van der Waals surface area (Å²) in [5.74, 6) is 1.01. The van der Waals surface area contributed by atoms with Crippen molar-refractivity contribution >= 4 is 24.2 Å². The van der Waals surface area contributed by atoms with Gasteiger partial charge in [-0.25, -0.2) is 0 Å². The molecule has 0 aromatic heterocycles. The van der Waals surface area contributed by atoms with E-state index in [0.29, 0.717) is 11.3 Å². The van der Waals surface area contributed by atoms with Crippen LogP contribution in [0.25, 0.3) is 0 Å². The number of nitrogens with one attached hydrogen (secondary N) is 1. The molecule has 4 nitrogen and oxygen atoms in total. The first-order chi connectivity index (χ1) is 11.4. The molecule has 1 aromatic rings. The van der Waals surface area contributed by atoms with Crippen LogP contribution in [0.5, 0.6) is 0 Å². The van der Waals surface area contributed by atoms with Crippen molar-refractivity contribution < 1.29 is 14.1 Å². The van der Waals surface area contributed by atoms with Crippen molar-refractivity contribution in [2.45, 2.75) is 45.3 Å². The van der Waals surface area contributed by atoms with E-state index in [1.807, 2.05) is 24.3 Å². The minimum absolute atomic E-state index is 0.127. The van der Waals surface area contributed by atoms with E-state index in [2.05, 4.69) is 32.7 Å². The van der Waals surface area contributed by atoms with Crippen molar-refractivity contribution in [2.75, 3.05) is 5.32 Å². The number of benzene rings is 1. The van der Waals surface area contributed by atoms with E-state index >= 15 is 0 Å². The highest BCUT2D eigenvalue weighted by Crippen LogP contribution is 2.65. The van der Waals surface area contributed by atoms with Crippen LogP contribution in [-0.2, 0) is 14.1 Å². The van der Waals surface area contributed by atoms with Crippen LogP contribution >= 0.6 is 0 Å². The molecule has 0 spiro atoms. The Morgan fingerprint density at radius 3 is 2.79 bits per heavy atom. The summed E-state index contributed by atoms with van der Waals surface area (Å²) in [5, 5.41) is 2.85. The normalized spacial score (nSPS) is 35.8. The van der Waals surface area contributed by atoms with Gasteiger partial charge in [0.25, 0.3) is 0 Å². The molecule has 3 aliphatic carbocycles. The Morgan fingerprint density at radius 1 is 1.33 bits per heavy atom. The van der Waals surface area contributed by atoms with Gasteiger partial charge in [0, 0.05) is 11.2 Å². The molecular formula is C19H24BNO3. The first kappa shape index (κ1) is 15.9. The summed E-state index contributed by atoms with van der Waals surface area (Å²) in [6.07, 6.45) is 3.68. The van der Waals surface area contributed by atoms with Crippen LogP contribution in [0.1, 0.15) is 33.6 Å². The van der Waals surface area contributed by atoms with Crippen LogP contribution < -0.4 is 10.8 Å². The molecule has 4 aliphatic rings. The quantitative estimate of drug-likeness (QED) is 0.687. The molecule has 1 N–H and O–H groups in total. The molecule has 0 radical (unpaired) electrons. The second kappa shape index (κ2) is 5.20. The lowest BCUT2D eigenvalue weighted by Crippen LogP contribution is -2.65. The van der Waals surface area contributed by atoms with E-state index in [1.165, 1.54) is 12.5 Å². The van der Waals surface area contributed by atoms with Gasteiger partial charge in [0.15, 0.2) is 0 Å². The number of hydrogen-bond acceptors (Lipinski definition) is 3. The maximum Gasteiger partial charge on any atom is 0.496 e. The van der Waals surface area contributed by atoms with Gasteiger partial charge in [-0.05, 0) is 49.2 Å². The average Bonchev–Trinajstić information content (AvgIpc) is 2.91. The van der Waals surface area contributed by atoms with Gasteiger partial charge < -0.3 is 14.6 Å². The standard InChI is InChI=1S/C19H24BNO3/c1-5-17(22)21-14-9-7-6-8-13(14)20-23-16-11-12-10-15(18(12,2)3)19(16,4)24-20/h5-9,12,15-16H,1,10-11H2,2-4H3,(H,21,22)/t12-,15-,16+,19-/m0/s1. The van der Waals surface area contributed by atoms with Crippen LogP contribution in [0, 0.1) is 17.3 Å². The zero-order chi connectivity index (χ0) is 17.1. The van der Waals surface area contributed by atoms with Crippen molar-refractivity contribution in [2.24, 2.45) is 17.3 Å². The Kier molecular flexibility index (Phi) is 3.45. The van der Waals surface area contributed by atoms with Crippen LogP contribution in [0.15, 0.2) is 36.9 Å². The summed E-state index contributed by atoms with van der Waals surface area (Å²) >= 11 is 0. The first-order valence-electron chi connectivity index (χ1n) is 8.72. The molecule has 4 atom stereocenters. The fourth-order valence-electron chi connectivity index (χ4n) is 5.00. The molecule has 5 heteroatoms. The van der Waals surface area contributed by atoms with Gasteiger partial charge in [-0.3, -0.25) is 4.79 Å². The minimum Gasteiger partial charge on any atom is -0.401 e. The Balaban J connectivity index is 1.62. The fourth-order valence-corrected chi connectivity index (χ4v) is 5.00. The number of carbonyl (C=O) groups excluding carboxylic acids is 1. The summed E-state index contributed by atoms with van der Waals surface area (Å²) in [7, 11) is -0.434. The van der Waals surface area contributed by atoms with E-state index < -0.39 is 7.12 Å². The van der Waals surface area contributed by atoms with Crippen LogP contribution in [-0.4, -0.2) is 24.7 Å². The molecule has 0 unspecified atom stereocenters. The third kappa shape index (κ3) is 2.11. The fraction of sp³-hybridized carbons (Fsp3) is 0.526. The summed E-state index contributed by atoms with van der Waals surface area (Å²) < 4.78 is 12.8. The van der Waals surface area contributed by atoms with Crippen LogP contribution in [0.4, 0.5) is 5.69 Å². The predicted molar refractivity (Wildman–Crippen MR) is 95.0 cm³/mol. The first-order valence-corrected chi connectivity index (χ1v) is 8.72. The van der Waals surface area contributed by atoms with Crippen LogP contribution in [0.3, 0.4) is 0 Å². The lowest BCUT2D eigenvalue weighted by molar-refractivity contribution is -0.199. The summed E-state index contributed by atoms with van der Waals surface area (Å²) in [6.45, 7) is 10.4. The lowest BCUT2D eigenvalue weighted by atomic mass is 9.43. The molecule has 4 fully saturated rings. The van der Waals surface area contributed by atoms with E-state index in [4.69, 9.17) is 9.31 Å². The third-order valence-electron chi connectivity index (χ3n) is 6.61. The van der Waals surface area contributed by atoms with E-state index in [-0.39, 0.29) is 17.6 Å². The Labute approximate surface area is 143 Å². The second-order valence-corrected chi connectivity index (χ2v) is 8.08. The minimum atomic E-state index is -0.434. The molecule has 1 amide bonds. The average molecular weight is 325 g/mol. The van der Waals surface area contributed by atoms with Gasteiger partial charge >= 0.3 is 7.12 Å². The highest BCUT2D eigenvalue weighted by atomic mass is 16.7. The monoisotopic (exact) mass is 325 g/mol. The molecule has 126 valence electrons. The second-order valence-electron chi connectivity index (χ2n) is 8.08. The third-order valence-corrected chi connectivity index (χ3v) is 6.61. The molecule has 2 bridgehead atoms. The molecule has 3 saturated carbocycles. The number of para-hydroxylation sites is 1. The number of rotatable bonds is 3. The van der Waals surface area contributed by atoms with E-state index in [9.17, 15) is 4.79 Å². The van der Waals surface area contributed by atoms with Gasteiger partial charge in [-0.1, -0.05) is 38.6 Å². The largest absolute Gasteiger partial charge is 0.496 e. The molecule has 24 heavy (non-hydrogen) atoms. The van der Waals surface area contributed by atoms with Gasteiger partial charge in [0.2, 0.25) is 5.91 Å². The SMILES string of the molecule is C=CC(=O)Nc1ccccc1B1O[C@@H]2C[C@@H]3C[C@@H](C3(C)C)[C@]2(C)O1. The van der Waals surface area contributed by atoms with E-state index in [1.54, 1.807) is 0 Å². The molecule has 1 heterocycles. The highest BCUT2D eigenvalue weighted by molar-refractivity contribution is 6.64. The van der Waals surface area contributed by atoms with Crippen molar-refractivity contribution in [1.29, 1.82) is 0 Å². The van der Waals surface area contributed by atoms with Gasteiger partial charge in [0.1, 0.15) is 0 Å². The number of anilines is 1. The van der Waals surface area contributed by atoms with Crippen molar-refractivity contribution in [3.8, 4) is 0 Å². The molecule has 5 rings (SSSR count). The summed E-state index contributed by atoms with van der Waals surface area (Å²) in [6, 6.07) is 7.67. The number of hydrogen-bond donors (Lipinski definition) is 1. The zero-order valence-corrected chi connectivity index (χ0v) is 14.5. The Hall–Kier alpha value is -1.59. The predicted octanol–water partition coefficient (Wildman–Crippen LogP) is 2.75. The maximum atomic E-state index is 11.7. The lowest BCUT2D eigenvalue weighted by Gasteiger charge is -2.64. The Bertz CT molecular complexity index is 704.